The molecule has 10 nitrogen and oxygen atoms in total. The molecule has 0 saturated heterocycles. The van der Waals surface area contributed by atoms with Crippen molar-refractivity contribution >= 4 is 67.0 Å². The summed E-state index contributed by atoms with van der Waals surface area (Å²) in [6.45, 7) is -0.299. The molecule has 1 amide bonds. The third-order valence-corrected chi connectivity index (χ3v) is 7.83. The number of carbonyl (C=O) groups is 1. The van der Waals surface area contributed by atoms with Crippen LogP contribution in [0.5, 0.6) is 23.0 Å². The molecule has 0 aliphatic carbocycles. The largest absolute Gasteiger partial charge is 0.493 e. The molecule has 214 valence electrons. The van der Waals surface area contributed by atoms with Crippen molar-refractivity contribution in [1.29, 1.82) is 0 Å². The molecular weight excluding hydrogens is 649 g/mol. The zero-order valence-corrected chi connectivity index (χ0v) is 25.8. The number of nitrogens with one attached hydrogen (secondary N) is 1. The number of hydrogen-bond donors (Lipinski definition) is 1. The standard InChI is InChI=1S/C26H26BrCl2N3O7S/c1-36-22-8-6-18(12-23(22)37-2)32(40(4,34)35)14-25(33)31-30-13-17-9-19(27)26(24(11-17)38-3)39-15-16-5-7-20(28)21(29)10-16/h5-13H,14-15H2,1-4H3,(H,31,33)/b30-13-. The molecule has 0 aromatic heterocycles. The summed E-state index contributed by atoms with van der Waals surface area (Å²) in [7, 11) is 0.568. The fourth-order valence-electron chi connectivity index (χ4n) is 3.46. The van der Waals surface area contributed by atoms with E-state index in [9.17, 15) is 13.2 Å². The van der Waals surface area contributed by atoms with Crippen LogP contribution in [0.15, 0.2) is 58.1 Å². The second-order valence-electron chi connectivity index (χ2n) is 8.17. The fraction of sp³-hybridized carbons (Fsp3) is 0.231. The van der Waals surface area contributed by atoms with Gasteiger partial charge >= 0.3 is 0 Å². The van der Waals surface area contributed by atoms with E-state index in [4.69, 9.17) is 42.1 Å². The number of ether oxygens (including phenoxy) is 4. The monoisotopic (exact) mass is 673 g/mol. The van der Waals surface area contributed by atoms with E-state index in [2.05, 4.69) is 26.5 Å². The minimum absolute atomic E-state index is 0.215. The molecule has 0 aliphatic heterocycles. The SMILES string of the molecule is COc1ccc(N(CC(=O)N/N=C\c2cc(Br)c(OCc3ccc(Cl)c(Cl)c3)c(OC)c2)S(C)(=O)=O)cc1OC. The molecule has 0 unspecified atom stereocenters. The van der Waals surface area contributed by atoms with Crippen molar-refractivity contribution in [1.82, 2.24) is 5.43 Å². The summed E-state index contributed by atoms with van der Waals surface area (Å²) in [5, 5.41) is 4.83. The Morgan fingerprint density at radius 2 is 1.68 bits per heavy atom. The highest BCUT2D eigenvalue weighted by Crippen LogP contribution is 2.37. The number of halogens is 3. The molecule has 0 radical (unpaired) electrons. The van der Waals surface area contributed by atoms with Crippen molar-refractivity contribution in [3.63, 3.8) is 0 Å². The first-order chi connectivity index (χ1) is 19.0. The highest BCUT2D eigenvalue weighted by atomic mass is 79.9. The maximum Gasteiger partial charge on any atom is 0.260 e. The first-order valence-electron chi connectivity index (χ1n) is 11.4. The van der Waals surface area contributed by atoms with Gasteiger partial charge in [-0.05, 0) is 63.5 Å². The Kier molecular flexibility index (Phi) is 10.9. The lowest BCUT2D eigenvalue weighted by atomic mass is 10.2. The van der Waals surface area contributed by atoms with Gasteiger partial charge in [0.15, 0.2) is 23.0 Å². The average Bonchev–Trinajstić information content (AvgIpc) is 2.91. The Bertz CT molecular complexity index is 1520. The van der Waals surface area contributed by atoms with Crippen molar-refractivity contribution in [3.05, 3.63) is 74.2 Å². The Morgan fingerprint density at radius 3 is 2.30 bits per heavy atom. The van der Waals surface area contributed by atoms with E-state index in [1.54, 1.807) is 36.4 Å². The van der Waals surface area contributed by atoms with Crippen LogP contribution in [0, 0.1) is 0 Å². The molecule has 0 aliphatic rings. The summed E-state index contributed by atoms with van der Waals surface area (Å²) in [5.41, 5.74) is 3.95. The van der Waals surface area contributed by atoms with Crippen LogP contribution in [0.4, 0.5) is 5.69 Å². The Hall–Kier alpha value is -3.19. The molecule has 3 aromatic carbocycles. The van der Waals surface area contributed by atoms with Crippen LogP contribution in [-0.4, -0.2) is 54.7 Å². The maximum absolute atomic E-state index is 12.6. The van der Waals surface area contributed by atoms with Gasteiger partial charge in [-0.1, -0.05) is 29.3 Å². The van der Waals surface area contributed by atoms with Gasteiger partial charge in [0.25, 0.3) is 5.91 Å². The van der Waals surface area contributed by atoms with Crippen LogP contribution < -0.4 is 28.7 Å². The Morgan fingerprint density at radius 1 is 0.975 bits per heavy atom. The number of hydrogen-bond acceptors (Lipinski definition) is 8. The van der Waals surface area contributed by atoms with E-state index in [1.807, 2.05) is 0 Å². The molecule has 1 N–H and O–H groups in total. The third-order valence-electron chi connectivity index (χ3n) is 5.36. The summed E-state index contributed by atoms with van der Waals surface area (Å²) in [5.74, 6) is 0.939. The lowest BCUT2D eigenvalue weighted by molar-refractivity contribution is -0.119. The van der Waals surface area contributed by atoms with Gasteiger partial charge < -0.3 is 18.9 Å². The topological polar surface area (TPSA) is 116 Å². The molecule has 14 heteroatoms. The number of nitrogens with zero attached hydrogens (tertiary/aromatic N) is 2. The smallest absolute Gasteiger partial charge is 0.260 e. The number of rotatable bonds is 12. The van der Waals surface area contributed by atoms with Crippen LogP contribution in [-0.2, 0) is 21.4 Å². The first-order valence-corrected chi connectivity index (χ1v) is 14.8. The van der Waals surface area contributed by atoms with Gasteiger partial charge in [-0.3, -0.25) is 9.10 Å². The molecule has 0 saturated carbocycles. The van der Waals surface area contributed by atoms with Crippen molar-refractivity contribution < 1.29 is 32.2 Å². The molecule has 3 rings (SSSR count). The van der Waals surface area contributed by atoms with E-state index in [0.29, 0.717) is 43.1 Å². The summed E-state index contributed by atoms with van der Waals surface area (Å²) >= 11 is 15.5. The molecule has 40 heavy (non-hydrogen) atoms. The quantitative estimate of drug-likeness (QED) is 0.205. The number of sulfonamides is 1. The molecule has 0 spiro atoms. The predicted molar refractivity (Wildman–Crippen MR) is 159 cm³/mol. The molecule has 0 heterocycles. The van der Waals surface area contributed by atoms with E-state index < -0.39 is 22.5 Å². The first kappa shape index (κ1) is 31.3. The number of anilines is 1. The van der Waals surface area contributed by atoms with E-state index in [1.165, 1.54) is 39.7 Å². The number of carbonyl (C=O) groups excluding carboxylic acids is 1. The molecule has 3 aromatic rings. The fourth-order valence-corrected chi connectivity index (χ4v) is 5.21. The van der Waals surface area contributed by atoms with Crippen LogP contribution in [0.2, 0.25) is 10.0 Å². The Labute approximate surface area is 250 Å². The predicted octanol–water partition coefficient (Wildman–Crippen LogP) is 5.28. The molecule has 0 bridgehead atoms. The lowest BCUT2D eigenvalue weighted by Gasteiger charge is -2.22. The minimum Gasteiger partial charge on any atom is -0.493 e. The van der Waals surface area contributed by atoms with Gasteiger partial charge in [-0.15, -0.1) is 0 Å². The van der Waals surface area contributed by atoms with Gasteiger partial charge in [-0.2, -0.15) is 5.10 Å². The molecular formula is C26H26BrCl2N3O7S. The molecule has 0 fully saturated rings. The summed E-state index contributed by atoms with van der Waals surface area (Å²) in [6, 6.07) is 13.1. The molecule has 0 atom stereocenters. The van der Waals surface area contributed by atoms with Crippen LogP contribution in [0.3, 0.4) is 0 Å². The normalized spacial score (nSPS) is 11.3. The highest BCUT2D eigenvalue weighted by molar-refractivity contribution is 9.10. The van der Waals surface area contributed by atoms with Gasteiger partial charge in [0.05, 0.1) is 54.0 Å². The number of amides is 1. The van der Waals surface area contributed by atoms with Gasteiger partial charge in [0, 0.05) is 6.07 Å². The van der Waals surface area contributed by atoms with Crippen LogP contribution >= 0.6 is 39.1 Å². The van der Waals surface area contributed by atoms with Gasteiger partial charge in [0.1, 0.15) is 13.2 Å². The minimum atomic E-state index is -3.81. The number of benzene rings is 3. The second-order valence-corrected chi connectivity index (χ2v) is 11.7. The second kappa shape index (κ2) is 13.9. The van der Waals surface area contributed by atoms with Crippen molar-refractivity contribution in [2.45, 2.75) is 6.61 Å². The summed E-state index contributed by atoms with van der Waals surface area (Å²) < 4.78 is 48.2. The van der Waals surface area contributed by atoms with Crippen molar-refractivity contribution in [2.24, 2.45) is 5.10 Å². The maximum atomic E-state index is 12.6. The van der Waals surface area contributed by atoms with Crippen LogP contribution in [0.25, 0.3) is 0 Å². The lowest BCUT2D eigenvalue weighted by Crippen LogP contribution is -2.39. The summed E-state index contributed by atoms with van der Waals surface area (Å²) in [6.07, 6.45) is 2.38. The zero-order chi connectivity index (χ0) is 29.4. The van der Waals surface area contributed by atoms with Crippen LogP contribution in [0.1, 0.15) is 11.1 Å². The summed E-state index contributed by atoms with van der Waals surface area (Å²) in [4.78, 5) is 12.6. The highest BCUT2D eigenvalue weighted by Gasteiger charge is 2.22. The van der Waals surface area contributed by atoms with Crippen molar-refractivity contribution in [2.75, 3.05) is 38.4 Å². The van der Waals surface area contributed by atoms with Gasteiger partial charge in [-0.25, -0.2) is 13.8 Å². The van der Waals surface area contributed by atoms with E-state index >= 15 is 0 Å². The van der Waals surface area contributed by atoms with Gasteiger partial charge in [0.2, 0.25) is 10.0 Å². The van der Waals surface area contributed by atoms with E-state index in [-0.39, 0.29) is 12.3 Å². The Balaban J connectivity index is 1.70. The van der Waals surface area contributed by atoms with E-state index in [0.717, 1.165) is 16.1 Å². The van der Waals surface area contributed by atoms with Crippen molar-refractivity contribution in [3.8, 4) is 23.0 Å². The third kappa shape index (κ3) is 8.17. The average molecular weight is 675 g/mol. The number of methoxy groups -OCH3 is 3. The number of hydrazone groups is 1. The zero-order valence-electron chi connectivity index (χ0n) is 21.9.